The van der Waals surface area contributed by atoms with Crippen LogP contribution in [0.3, 0.4) is 0 Å². The van der Waals surface area contributed by atoms with Gasteiger partial charge < -0.3 is 4.74 Å². The molecule has 2 bridgehead atoms. The van der Waals surface area contributed by atoms with Crippen molar-refractivity contribution >= 4 is 10.9 Å². The molecule has 3 atom stereocenters. The Balaban J connectivity index is 1.40. The average molecular weight is 501 g/mol. The Kier molecular flexibility index (Phi) is 6.43. The molecular weight excluding hydrogens is 470 g/mol. The van der Waals surface area contributed by atoms with Gasteiger partial charge in [-0.25, -0.2) is 0 Å². The summed E-state index contributed by atoms with van der Waals surface area (Å²) in [6.45, 7) is 2.07. The van der Waals surface area contributed by atoms with E-state index in [9.17, 15) is 26.3 Å². The van der Waals surface area contributed by atoms with Gasteiger partial charge in [0.05, 0.1) is 23.2 Å². The summed E-state index contributed by atoms with van der Waals surface area (Å²) >= 11 is 0. The van der Waals surface area contributed by atoms with Crippen LogP contribution in [0.1, 0.15) is 82.0 Å². The molecule has 0 spiro atoms. The molecule has 3 unspecified atom stereocenters. The second-order valence-corrected chi connectivity index (χ2v) is 10.3. The summed E-state index contributed by atoms with van der Waals surface area (Å²) in [5, 5.41) is -0.0449. The highest BCUT2D eigenvalue weighted by Crippen LogP contribution is 2.45. The van der Waals surface area contributed by atoms with Crippen molar-refractivity contribution in [1.82, 2.24) is 9.88 Å². The predicted molar refractivity (Wildman–Crippen MR) is 120 cm³/mol. The third-order valence-corrected chi connectivity index (χ3v) is 8.20. The van der Waals surface area contributed by atoms with E-state index in [4.69, 9.17) is 4.74 Å². The van der Waals surface area contributed by atoms with E-state index in [0.29, 0.717) is 12.1 Å². The molecule has 1 aromatic heterocycles. The van der Waals surface area contributed by atoms with Crippen LogP contribution in [0.25, 0.3) is 10.9 Å². The molecule has 1 aliphatic carbocycles. The maximum absolute atomic E-state index is 14.1. The zero-order chi connectivity index (χ0) is 25.0. The summed E-state index contributed by atoms with van der Waals surface area (Å²) in [6, 6.07) is 6.98. The molecule has 2 aliphatic heterocycles. The van der Waals surface area contributed by atoms with Crippen molar-refractivity contribution < 1.29 is 31.1 Å². The molecule has 192 valence electrons. The second-order valence-electron chi connectivity index (χ2n) is 10.3. The van der Waals surface area contributed by atoms with Crippen molar-refractivity contribution in [2.24, 2.45) is 5.92 Å². The molecule has 1 saturated carbocycles. The fourth-order valence-electron chi connectivity index (χ4n) is 6.45. The zero-order valence-electron chi connectivity index (χ0n) is 19.6. The van der Waals surface area contributed by atoms with Gasteiger partial charge in [0.15, 0.2) is 0 Å². The van der Waals surface area contributed by atoms with E-state index in [0.717, 1.165) is 31.4 Å². The molecule has 1 aromatic carbocycles. The zero-order valence-corrected chi connectivity index (χ0v) is 19.6. The molecule has 35 heavy (non-hydrogen) atoms. The third kappa shape index (κ3) is 4.85. The highest BCUT2D eigenvalue weighted by molar-refractivity contribution is 5.85. The topological polar surface area (TPSA) is 25.4 Å². The maximum Gasteiger partial charge on any atom is 0.420 e. The highest BCUT2D eigenvalue weighted by Gasteiger charge is 2.43. The number of nitrogens with zero attached hydrogens (tertiary/aromatic N) is 2. The Hall–Kier alpha value is -2.03. The van der Waals surface area contributed by atoms with Gasteiger partial charge in [0.2, 0.25) is 0 Å². The Bertz CT molecular complexity index is 1040. The lowest BCUT2D eigenvalue weighted by Gasteiger charge is -2.39. The van der Waals surface area contributed by atoms with Gasteiger partial charge in [-0.15, -0.1) is 0 Å². The number of benzene rings is 1. The number of halogens is 6. The number of pyridine rings is 1. The Morgan fingerprint density at radius 2 is 1.51 bits per heavy atom. The molecule has 5 rings (SSSR count). The van der Waals surface area contributed by atoms with Gasteiger partial charge >= 0.3 is 12.4 Å². The van der Waals surface area contributed by atoms with Crippen molar-refractivity contribution in [2.45, 2.75) is 101 Å². The number of rotatable bonds is 4. The minimum absolute atomic E-state index is 0.0197. The molecule has 0 amide bonds. The SMILES string of the molecule is CC(c1ccc2c(C(F)(F)F)c(OC3CCC(C(F)(F)F)CC3)ccc2n1)N1C2CCCC1CC2. The van der Waals surface area contributed by atoms with Crippen LogP contribution in [0.15, 0.2) is 24.3 Å². The van der Waals surface area contributed by atoms with E-state index in [1.54, 1.807) is 6.07 Å². The van der Waals surface area contributed by atoms with Gasteiger partial charge in [-0.05, 0) is 76.5 Å². The van der Waals surface area contributed by atoms with Gasteiger partial charge in [-0.1, -0.05) is 12.5 Å². The largest absolute Gasteiger partial charge is 0.490 e. The van der Waals surface area contributed by atoms with Crippen LogP contribution in [0, 0.1) is 5.92 Å². The number of hydrogen-bond donors (Lipinski definition) is 0. The summed E-state index contributed by atoms with van der Waals surface area (Å²) in [4.78, 5) is 7.11. The summed E-state index contributed by atoms with van der Waals surface area (Å²) in [5.41, 5.74) is 0.0976. The molecule has 3 nitrogen and oxygen atoms in total. The van der Waals surface area contributed by atoms with Gasteiger partial charge in [0.1, 0.15) is 11.3 Å². The fourth-order valence-corrected chi connectivity index (χ4v) is 6.45. The molecule has 2 aromatic rings. The Morgan fingerprint density at radius 3 is 2.11 bits per heavy atom. The lowest BCUT2D eigenvalue weighted by atomic mass is 9.87. The van der Waals surface area contributed by atoms with Gasteiger partial charge in [-0.2, -0.15) is 26.3 Å². The minimum atomic E-state index is -4.68. The van der Waals surface area contributed by atoms with Gasteiger partial charge in [0.25, 0.3) is 0 Å². The number of hydrogen-bond acceptors (Lipinski definition) is 3. The summed E-state index contributed by atoms with van der Waals surface area (Å²) < 4.78 is 86.9. The molecule has 3 heterocycles. The van der Waals surface area contributed by atoms with E-state index in [-0.39, 0.29) is 48.4 Å². The first-order valence-corrected chi connectivity index (χ1v) is 12.5. The first-order chi connectivity index (χ1) is 16.5. The van der Waals surface area contributed by atoms with E-state index in [2.05, 4.69) is 16.8 Å². The first-order valence-electron chi connectivity index (χ1n) is 12.5. The Morgan fingerprint density at radius 1 is 0.857 bits per heavy atom. The number of piperidine rings is 1. The fraction of sp³-hybridized carbons (Fsp3) is 0.654. The normalized spacial score (nSPS) is 28.9. The Labute approximate surface area is 200 Å². The lowest BCUT2D eigenvalue weighted by Crippen LogP contribution is -2.41. The molecule has 0 radical (unpaired) electrons. The number of alkyl halides is 6. The summed E-state index contributed by atoms with van der Waals surface area (Å²) in [6.07, 6.45) is -3.91. The van der Waals surface area contributed by atoms with E-state index >= 15 is 0 Å². The molecule has 0 N–H and O–H groups in total. The van der Waals surface area contributed by atoms with Crippen molar-refractivity contribution in [3.63, 3.8) is 0 Å². The van der Waals surface area contributed by atoms with Crippen LogP contribution < -0.4 is 4.74 Å². The van der Waals surface area contributed by atoms with E-state index in [1.165, 1.54) is 24.6 Å². The number of fused-ring (bicyclic) bond motifs is 3. The molecule has 9 heteroatoms. The van der Waals surface area contributed by atoms with Crippen LogP contribution in [-0.2, 0) is 6.18 Å². The molecule has 3 aliphatic rings. The predicted octanol–water partition coefficient (Wildman–Crippen LogP) is 7.83. The average Bonchev–Trinajstić information content (AvgIpc) is 3.05. The van der Waals surface area contributed by atoms with Crippen LogP contribution in [0.4, 0.5) is 26.3 Å². The van der Waals surface area contributed by atoms with Crippen molar-refractivity contribution in [2.75, 3.05) is 0 Å². The smallest absolute Gasteiger partial charge is 0.420 e. The van der Waals surface area contributed by atoms with Crippen LogP contribution in [0.2, 0.25) is 0 Å². The van der Waals surface area contributed by atoms with E-state index < -0.39 is 29.9 Å². The van der Waals surface area contributed by atoms with Crippen LogP contribution in [0.5, 0.6) is 5.75 Å². The molecular formula is C26H30F6N2O. The minimum Gasteiger partial charge on any atom is -0.490 e. The lowest BCUT2D eigenvalue weighted by molar-refractivity contribution is -0.185. The third-order valence-electron chi connectivity index (χ3n) is 8.20. The monoisotopic (exact) mass is 500 g/mol. The van der Waals surface area contributed by atoms with Crippen LogP contribution in [-0.4, -0.2) is 34.2 Å². The van der Waals surface area contributed by atoms with E-state index in [1.807, 2.05) is 0 Å². The first kappa shape index (κ1) is 24.7. The highest BCUT2D eigenvalue weighted by atomic mass is 19.4. The van der Waals surface area contributed by atoms with Crippen LogP contribution >= 0.6 is 0 Å². The molecule has 2 saturated heterocycles. The summed E-state index contributed by atoms with van der Waals surface area (Å²) in [5.74, 6) is -1.75. The van der Waals surface area contributed by atoms with Gasteiger partial charge in [0, 0.05) is 23.5 Å². The quantitative estimate of drug-likeness (QED) is 0.400. The summed E-state index contributed by atoms with van der Waals surface area (Å²) in [7, 11) is 0. The maximum atomic E-state index is 14.1. The van der Waals surface area contributed by atoms with Gasteiger partial charge in [-0.3, -0.25) is 9.88 Å². The standard InChI is InChI=1S/C26H30F6N2O/c1-15(34-17-3-2-4-18(34)8-7-17)21-12-11-20-22(33-21)13-14-23(24(20)26(30,31)32)35-19-9-5-16(6-10-19)25(27,28)29/h11-19H,2-10H2,1H3. The number of ether oxygens (including phenoxy) is 1. The van der Waals surface area contributed by atoms with Crippen molar-refractivity contribution in [1.29, 1.82) is 0 Å². The van der Waals surface area contributed by atoms with Crippen molar-refractivity contribution in [3.8, 4) is 5.75 Å². The second kappa shape index (κ2) is 9.12. The molecule has 3 fully saturated rings. The number of aromatic nitrogens is 1. The van der Waals surface area contributed by atoms with Crippen molar-refractivity contribution in [3.05, 3.63) is 35.5 Å².